The highest BCUT2D eigenvalue weighted by molar-refractivity contribution is 6.11. The van der Waals surface area contributed by atoms with Gasteiger partial charge in [0.2, 0.25) is 0 Å². The molecule has 1 heteroatoms. The molecule has 0 spiro atoms. The van der Waals surface area contributed by atoms with Gasteiger partial charge < -0.3 is 0 Å². The Labute approximate surface area is 98.6 Å². The third kappa shape index (κ3) is 10.3. The van der Waals surface area contributed by atoms with Gasteiger partial charge in [0.25, 0.3) is 0 Å². The van der Waals surface area contributed by atoms with Gasteiger partial charge in [-0.15, -0.1) is 0 Å². The molecule has 0 radical (unpaired) electrons. The van der Waals surface area contributed by atoms with E-state index in [2.05, 4.69) is 28.6 Å². The Bertz CT molecular complexity index is 123. The first-order valence-electron chi connectivity index (χ1n) is 7.20. The quantitative estimate of drug-likeness (QED) is 0.365. The maximum atomic E-state index is 2.43. The highest BCUT2D eigenvalue weighted by Gasteiger charge is 2.05. The lowest BCUT2D eigenvalue weighted by Crippen LogP contribution is -1.98. The van der Waals surface area contributed by atoms with Crippen molar-refractivity contribution in [1.29, 1.82) is 0 Å². The van der Waals surface area contributed by atoms with Gasteiger partial charge >= 0.3 is 0 Å². The summed E-state index contributed by atoms with van der Waals surface area (Å²) >= 11 is 0. The number of unbranched alkanes of at least 4 members (excludes halogenated alkanes) is 4. The lowest BCUT2D eigenvalue weighted by molar-refractivity contribution is 0.470. The second-order valence-electron chi connectivity index (χ2n) is 5.40. The lowest BCUT2D eigenvalue weighted by Gasteiger charge is -2.14. The first kappa shape index (κ1) is 15.1. The van der Waals surface area contributed by atoms with Crippen molar-refractivity contribution in [3.8, 4) is 0 Å². The van der Waals surface area contributed by atoms with E-state index >= 15 is 0 Å². The summed E-state index contributed by atoms with van der Waals surface area (Å²) < 4.78 is 0. The van der Waals surface area contributed by atoms with Crippen LogP contribution in [-0.2, 0) is 0 Å². The molecular weight excluding hydrogens is 179 g/mol. The average Bonchev–Trinajstić information content (AvgIpc) is 2.25. The molecule has 0 fully saturated rings. The molecule has 0 nitrogen and oxygen atoms in total. The topological polar surface area (TPSA) is 0 Å². The Morgan fingerprint density at radius 2 is 1.53 bits per heavy atom. The lowest BCUT2D eigenvalue weighted by atomic mass is 9.78. The molecule has 0 aromatic rings. The predicted molar refractivity (Wildman–Crippen MR) is 74.4 cm³/mol. The van der Waals surface area contributed by atoms with Gasteiger partial charge in [-0.2, -0.15) is 0 Å². The minimum Gasteiger partial charge on any atom is -0.0697 e. The van der Waals surface area contributed by atoms with Crippen LogP contribution in [0.3, 0.4) is 0 Å². The van der Waals surface area contributed by atoms with E-state index in [9.17, 15) is 0 Å². The summed E-state index contributed by atoms with van der Waals surface area (Å²) in [5.74, 6) is 1.90. The van der Waals surface area contributed by atoms with Crippen molar-refractivity contribution in [2.24, 2.45) is 5.92 Å². The number of rotatable bonds is 10. The summed E-state index contributed by atoms with van der Waals surface area (Å²) in [6, 6.07) is 0. The summed E-state index contributed by atoms with van der Waals surface area (Å²) in [6.45, 7) is 6.98. The van der Waals surface area contributed by atoms with Crippen LogP contribution < -0.4 is 0 Å². The first-order valence-corrected chi connectivity index (χ1v) is 7.20. The maximum absolute atomic E-state index is 2.43. The fraction of sp³-hybridized carbons (Fsp3) is 1.00. The molecule has 0 N–H and O–H groups in total. The van der Waals surface area contributed by atoms with E-state index in [0.29, 0.717) is 0 Å². The maximum Gasteiger partial charge on any atom is 0.105 e. The fourth-order valence-electron chi connectivity index (χ4n) is 2.01. The van der Waals surface area contributed by atoms with E-state index < -0.39 is 0 Å². The minimum absolute atomic E-state index is 0.938. The van der Waals surface area contributed by atoms with E-state index in [1.54, 1.807) is 0 Å². The molecule has 0 saturated heterocycles. The molecule has 0 bridgehead atoms. The molecule has 0 aromatic carbocycles. The summed E-state index contributed by atoms with van der Waals surface area (Å²) in [7, 11) is 2.43. The van der Waals surface area contributed by atoms with Crippen LogP contribution in [0.5, 0.6) is 0 Å². The van der Waals surface area contributed by atoms with Gasteiger partial charge in [0.15, 0.2) is 0 Å². The van der Waals surface area contributed by atoms with Gasteiger partial charge in [-0.05, 0) is 5.92 Å². The van der Waals surface area contributed by atoms with Crippen molar-refractivity contribution in [3.63, 3.8) is 0 Å². The molecule has 2 atom stereocenters. The van der Waals surface area contributed by atoms with Crippen molar-refractivity contribution in [1.82, 2.24) is 0 Å². The Morgan fingerprint density at radius 1 is 0.867 bits per heavy atom. The van der Waals surface area contributed by atoms with Crippen LogP contribution >= 0.6 is 0 Å². The number of hydrogen-bond donors (Lipinski definition) is 0. The highest BCUT2D eigenvalue weighted by Crippen LogP contribution is 2.22. The van der Waals surface area contributed by atoms with E-state index in [-0.39, 0.29) is 0 Å². The van der Waals surface area contributed by atoms with E-state index in [1.165, 1.54) is 57.8 Å². The molecule has 0 aliphatic heterocycles. The second-order valence-corrected chi connectivity index (χ2v) is 5.40. The van der Waals surface area contributed by atoms with Gasteiger partial charge in [-0.25, -0.2) is 0 Å². The van der Waals surface area contributed by atoms with Crippen LogP contribution in [0.2, 0.25) is 5.82 Å². The van der Waals surface area contributed by atoms with Crippen LogP contribution in [0, 0.1) is 5.92 Å². The molecule has 1 unspecified atom stereocenters. The average molecular weight is 210 g/mol. The molecule has 90 valence electrons. The van der Waals surface area contributed by atoms with Gasteiger partial charge in [-0.3, -0.25) is 0 Å². The smallest absolute Gasteiger partial charge is 0.0697 e. The molecule has 0 amide bonds. The van der Waals surface area contributed by atoms with Crippen LogP contribution in [0.15, 0.2) is 0 Å². The van der Waals surface area contributed by atoms with E-state index in [1.807, 2.05) is 0 Å². The zero-order valence-corrected chi connectivity index (χ0v) is 11.5. The Hall–Kier alpha value is 0.0649. The molecule has 15 heavy (non-hydrogen) atoms. The van der Waals surface area contributed by atoms with E-state index in [4.69, 9.17) is 0 Å². The third-order valence-electron chi connectivity index (χ3n) is 3.65. The SMILES string of the molecule is BC(CCCCCCC)CC[C@@H](C)CC. The first-order chi connectivity index (χ1) is 7.20. The summed E-state index contributed by atoms with van der Waals surface area (Å²) in [5.41, 5.74) is 0. The Morgan fingerprint density at radius 3 is 2.13 bits per heavy atom. The normalized spacial score (nSPS) is 15.1. The van der Waals surface area contributed by atoms with Gasteiger partial charge in [0.1, 0.15) is 7.85 Å². The molecule has 0 rings (SSSR count). The van der Waals surface area contributed by atoms with Crippen molar-refractivity contribution >= 4 is 7.85 Å². The van der Waals surface area contributed by atoms with E-state index in [0.717, 1.165) is 11.7 Å². The minimum atomic E-state index is 0.938. The molecule has 0 aliphatic rings. The fourth-order valence-corrected chi connectivity index (χ4v) is 2.01. The van der Waals surface area contributed by atoms with Gasteiger partial charge in [-0.1, -0.05) is 84.4 Å². The van der Waals surface area contributed by atoms with Crippen molar-refractivity contribution < 1.29 is 0 Å². The predicted octanol–water partition coefficient (Wildman–Crippen LogP) is 4.59. The summed E-state index contributed by atoms with van der Waals surface area (Å²) in [4.78, 5) is 0. The zero-order valence-electron chi connectivity index (χ0n) is 11.5. The van der Waals surface area contributed by atoms with Crippen molar-refractivity contribution in [3.05, 3.63) is 0 Å². The van der Waals surface area contributed by atoms with Crippen LogP contribution in [0.1, 0.15) is 78.6 Å². The van der Waals surface area contributed by atoms with Crippen LogP contribution in [0.25, 0.3) is 0 Å². The van der Waals surface area contributed by atoms with Crippen molar-refractivity contribution in [2.45, 2.75) is 84.4 Å². The van der Waals surface area contributed by atoms with Gasteiger partial charge in [0.05, 0.1) is 0 Å². The van der Waals surface area contributed by atoms with Gasteiger partial charge in [0, 0.05) is 0 Å². The summed E-state index contributed by atoms with van der Waals surface area (Å²) in [5, 5.41) is 0. The molecule has 0 saturated carbocycles. The molecule has 0 aliphatic carbocycles. The zero-order chi connectivity index (χ0) is 11.5. The standard InChI is InChI=1S/C14H31B/c1-4-6-7-8-9-10-14(15)12-11-13(3)5-2/h13-14H,4-12,15H2,1-3H3/t13-,14?/m0/s1. The Kier molecular flexibility index (Phi) is 10.6. The van der Waals surface area contributed by atoms with Crippen LogP contribution in [-0.4, -0.2) is 7.85 Å². The third-order valence-corrected chi connectivity index (χ3v) is 3.65. The molecule has 0 heterocycles. The Balaban J connectivity index is 3.21. The summed E-state index contributed by atoms with van der Waals surface area (Å²) in [6.07, 6.45) is 12.9. The largest absolute Gasteiger partial charge is 0.105 e. The highest BCUT2D eigenvalue weighted by atomic mass is 14.1. The molecular formula is C14H31B. The van der Waals surface area contributed by atoms with Crippen LogP contribution in [0.4, 0.5) is 0 Å². The van der Waals surface area contributed by atoms with Crippen molar-refractivity contribution in [2.75, 3.05) is 0 Å². The monoisotopic (exact) mass is 210 g/mol. The number of hydrogen-bond acceptors (Lipinski definition) is 0. The second kappa shape index (κ2) is 10.6. The molecule has 0 aromatic heterocycles.